The fourth-order valence-corrected chi connectivity index (χ4v) is 2.96. The lowest BCUT2D eigenvalue weighted by Gasteiger charge is -2.59. The molecule has 0 bridgehead atoms. The number of rotatable bonds is 3. The van der Waals surface area contributed by atoms with Gasteiger partial charge in [-0.05, 0) is 19.8 Å². The molecule has 0 aromatic rings. The number of ether oxygens (including phenoxy) is 1. The van der Waals surface area contributed by atoms with E-state index >= 15 is 0 Å². The molecule has 1 heterocycles. The van der Waals surface area contributed by atoms with Crippen LogP contribution in [0.3, 0.4) is 0 Å². The molecule has 2 aliphatic rings. The van der Waals surface area contributed by atoms with Crippen LogP contribution < -0.4 is 5.32 Å². The van der Waals surface area contributed by atoms with E-state index in [0.29, 0.717) is 19.4 Å². The second-order valence-corrected chi connectivity index (χ2v) is 5.75. The minimum absolute atomic E-state index is 0.0526. The molecule has 94 valence electrons. The Balaban J connectivity index is 2.02. The summed E-state index contributed by atoms with van der Waals surface area (Å²) in [4.78, 5) is 0. The van der Waals surface area contributed by atoms with E-state index in [4.69, 9.17) is 4.74 Å². The molecule has 1 spiro atoms. The van der Waals surface area contributed by atoms with Crippen LogP contribution in [0.2, 0.25) is 0 Å². The molecule has 0 radical (unpaired) electrons. The summed E-state index contributed by atoms with van der Waals surface area (Å²) in [6, 6.07) is 0. The predicted molar refractivity (Wildman–Crippen MR) is 58.7 cm³/mol. The third kappa shape index (κ3) is 1.86. The number of nitrogens with one attached hydrogen (secondary N) is 1. The number of alkyl halides is 2. The van der Waals surface area contributed by atoms with Crippen molar-refractivity contribution in [2.75, 3.05) is 20.0 Å². The number of hydrogen-bond donors (Lipinski definition) is 1. The number of hydrogen-bond acceptors (Lipinski definition) is 2. The van der Waals surface area contributed by atoms with Crippen LogP contribution in [-0.4, -0.2) is 31.2 Å². The molecule has 1 unspecified atom stereocenters. The minimum atomic E-state index is -0.779. The molecule has 1 saturated carbocycles. The van der Waals surface area contributed by atoms with Gasteiger partial charge in [0.05, 0.1) is 20.0 Å². The molecule has 1 aliphatic heterocycles. The second-order valence-electron chi connectivity index (χ2n) is 5.75. The fourth-order valence-electron chi connectivity index (χ4n) is 2.96. The summed E-state index contributed by atoms with van der Waals surface area (Å²) >= 11 is 0. The van der Waals surface area contributed by atoms with E-state index in [1.807, 2.05) is 0 Å². The molecule has 2 nitrogen and oxygen atoms in total. The molecule has 1 aliphatic carbocycles. The molecule has 0 aromatic carbocycles. The van der Waals surface area contributed by atoms with Crippen LogP contribution in [0.25, 0.3) is 0 Å². The molecule has 1 N–H and O–H groups in total. The molecule has 2 fully saturated rings. The van der Waals surface area contributed by atoms with Gasteiger partial charge in [0.2, 0.25) is 0 Å². The average Bonchev–Trinajstić information content (AvgIpc) is 2.25. The first kappa shape index (κ1) is 12.2. The van der Waals surface area contributed by atoms with Crippen LogP contribution in [0.1, 0.15) is 39.5 Å². The van der Waals surface area contributed by atoms with E-state index in [-0.39, 0.29) is 5.54 Å². The summed E-state index contributed by atoms with van der Waals surface area (Å²) in [5, 5.41) is 3.46. The maximum Gasteiger partial charge on any atom is 0.121 e. The van der Waals surface area contributed by atoms with Crippen LogP contribution in [0.5, 0.6) is 0 Å². The van der Waals surface area contributed by atoms with Crippen LogP contribution in [0, 0.1) is 5.41 Å². The van der Waals surface area contributed by atoms with Gasteiger partial charge < -0.3 is 4.74 Å². The van der Waals surface area contributed by atoms with Gasteiger partial charge in [0.1, 0.15) is 5.72 Å². The quantitative estimate of drug-likeness (QED) is 0.809. The number of halogens is 2. The molecular formula is C12H21F2NO. The van der Waals surface area contributed by atoms with Crippen molar-refractivity contribution in [1.29, 1.82) is 0 Å². The fraction of sp³-hybridized carbons (Fsp3) is 1.00. The Labute approximate surface area is 95.7 Å². The van der Waals surface area contributed by atoms with Crippen molar-refractivity contribution < 1.29 is 13.5 Å². The lowest BCUT2D eigenvalue weighted by Crippen LogP contribution is -2.71. The molecule has 1 atom stereocenters. The molecule has 2 rings (SSSR count). The summed E-state index contributed by atoms with van der Waals surface area (Å²) in [7, 11) is 0. The highest BCUT2D eigenvalue weighted by molar-refractivity contribution is 5.08. The largest absolute Gasteiger partial charge is 0.361 e. The summed E-state index contributed by atoms with van der Waals surface area (Å²) in [5.74, 6) is 0. The van der Waals surface area contributed by atoms with Gasteiger partial charge in [-0.3, -0.25) is 14.1 Å². The Morgan fingerprint density at radius 2 is 1.88 bits per heavy atom. The summed E-state index contributed by atoms with van der Waals surface area (Å²) in [5.41, 5.74) is -1.18. The van der Waals surface area contributed by atoms with Gasteiger partial charge in [0, 0.05) is 23.8 Å². The van der Waals surface area contributed by atoms with Gasteiger partial charge in [-0.15, -0.1) is 0 Å². The van der Waals surface area contributed by atoms with Crippen LogP contribution >= 0.6 is 0 Å². The SMILES string of the molecule is CCC1(C)CCOC2(CC(CF)(CF)C2)N1. The highest BCUT2D eigenvalue weighted by Gasteiger charge is 2.59. The van der Waals surface area contributed by atoms with Crippen molar-refractivity contribution in [2.24, 2.45) is 5.41 Å². The third-order valence-electron chi connectivity index (χ3n) is 4.23. The molecule has 0 amide bonds. The molecule has 4 heteroatoms. The molecule has 16 heavy (non-hydrogen) atoms. The van der Waals surface area contributed by atoms with Crippen molar-refractivity contribution in [3.63, 3.8) is 0 Å². The maximum atomic E-state index is 12.8. The Kier molecular flexibility index (Phi) is 2.99. The monoisotopic (exact) mass is 233 g/mol. The molecule has 0 aromatic heterocycles. The van der Waals surface area contributed by atoms with Crippen molar-refractivity contribution in [3.05, 3.63) is 0 Å². The smallest absolute Gasteiger partial charge is 0.121 e. The molecule has 1 saturated heterocycles. The molecular weight excluding hydrogens is 212 g/mol. The topological polar surface area (TPSA) is 21.3 Å². The van der Waals surface area contributed by atoms with Gasteiger partial charge in [0.25, 0.3) is 0 Å². The van der Waals surface area contributed by atoms with Crippen LogP contribution in [-0.2, 0) is 4.74 Å². The summed E-state index contributed by atoms with van der Waals surface area (Å²) in [6.45, 7) is 3.80. The van der Waals surface area contributed by atoms with E-state index in [1.165, 1.54) is 0 Å². The first-order valence-electron chi connectivity index (χ1n) is 6.06. The summed E-state index contributed by atoms with van der Waals surface area (Å²) in [6.07, 6.45) is 2.89. The van der Waals surface area contributed by atoms with Gasteiger partial charge in [-0.25, -0.2) is 0 Å². The van der Waals surface area contributed by atoms with Gasteiger partial charge in [-0.1, -0.05) is 6.92 Å². The zero-order valence-electron chi connectivity index (χ0n) is 10.1. The summed E-state index contributed by atoms with van der Waals surface area (Å²) < 4.78 is 31.3. The zero-order valence-corrected chi connectivity index (χ0v) is 10.1. The third-order valence-corrected chi connectivity index (χ3v) is 4.23. The van der Waals surface area contributed by atoms with Crippen LogP contribution in [0.15, 0.2) is 0 Å². The first-order valence-corrected chi connectivity index (χ1v) is 6.06. The van der Waals surface area contributed by atoms with Crippen molar-refractivity contribution in [2.45, 2.75) is 50.8 Å². The van der Waals surface area contributed by atoms with E-state index in [1.54, 1.807) is 0 Å². The van der Waals surface area contributed by atoms with E-state index in [9.17, 15) is 8.78 Å². The minimum Gasteiger partial charge on any atom is -0.361 e. The van der Waals surface area contributed by atoms with Crippen molar-refractivity contribution in [3.8, 4) is 0 Å². The van der Waals surface area contributed by atoms with E-state index in [2.05, 4.69) is 19.2 Å². The van der Waals surface area contributed by atoms with Gasteiger partial charge in [-0.2, -0.15) is 0 Å². The lowest BCUT2D eigenvalue weighted by molar-refractivity contribution is -0.232. The standard InChI is InChI=1S/C12H21F2NO/c1-3-10(2)4-5-16-12(15-10)6-11(7-12,8-13)9-14/h15H,3-9H2,1-2H3. The zero-order chi connectivity index (χ0) is 11.9. The Morgan fingerprint density at radius 1 is 1.25 bits per heavy atom. The normalized spacial score (nSPS) is 36.0. The Morgan fingerprint density at radius 3 is 2.38 bits per heavy atom. The Bertz CT molecular complexity index is 260. The van der Waals surface area contributed by atoms with Crippen molar-refractivity contribution >= 4 is 0 Å². The van der Waals surface area contributed by atoms with E-state index in [0.717, 1.165) is 12.8 Å². The highest BCUT2D eigenvalue weighted by atomic mass is 19.1. The highest BCUT2D eigenvalue weighted by Crippen LogP contribution is 2.52. The first-order chi connectivity index (χ1) is 7.51. The van der Waals surface area contributed by atoms with Gasteiger partial charge in [0.15, 0.2) is 0 Å². The lowest BCUT2D eigenvalue weighted by atomic mass is 9.63. The van der Waals surface area contributed by atoms with Crippen molar-refractivity contribution in [1.82, 2.24) is 5.32 Å². The second kappa shape index (κ2) is 3.91. The van der Waals surface area contributed by atoms with Gasteiger partial charge >= 0.3 is 0 Å². The maximum absolute atomic E-state index is 12.8. The predicted octanol–water partition coefficient (Wildman–Crippen LogP) is 2.58. The Hall–Kier alpha value is -0.220. The van der Waals surface area contributed by atoms with Crippen LogP contribution in [0.4, 0.5) is 8.78 Å². The van der Waals surface area contributed by atoms with E-state index < -0.39 is 24.5 Å². The average molecular weight is 233 g/mol.